The second kappa shape index (κ2) is 6.93. The van der Waals surface area contributed by atoms with Crippen LogP contribution in [0.5, 0.6) is 0 Å². The van der Waals surface area contributed by atoms with E-state index >= 15 is 0 Å². The van der Waals surface area contributed by atoms with Gasteiger partial charge in [0.05, 0.1) is 27.6 Å². The fraction of sp³-hybridized carbons (Fsp3) is 0.917. The number of nitrogens with zero attached hydrogens (tertiary/aromatic N) is 1. The van der Waals surface area contributed by atoms with E-state index in [0.717, 1.165) is 19.3 Å². The lowest BCUT2D eigenvalue weighted by Gasteiger charge is -2.36. The molecular formula is C12H27N2O3+. The largest absolute Gasteiger partial charge is 0.481 e. The van der Waals surface area contributed by atoms with E-state index in [9.17, 15) is 4.79 Å². The molecule has 5 heteroatoms. The Morgan fingerprint density at radius 1 is 1.35 bits per heavy atom. The molecule has 0 aliphatic heterocycles. The predicted molar refractivity (Wildman–Crippen MR) is 67.3 cm³/mol. The van der Waals surface area contributed by atoms with Crippen molar-refractivity contribution in [2.75, 3.05) is 27.7 Å². The summed E-state index contributed by atoms with van der Waals surface area (Å²) < 4.78 is 0.636. The molecule has 0 aromatic carbocycles. The Kier molecular flexibility index (Phi) is 6.67. The molecule has 0 aliphatic carbocycles. The number of unbranched alkanes of at least 4 members (excludes halogenated alkanes) is 2. The van der Waals surface area contributed by atoms with Gasteiger partial charge in [-0.3, -0.25) is 9.63 Å². The van der Waals surface area contributed by atoms with Crippen LogP contribution in [0.3, 0.4) is 0 Å². The highest BCUT2D eigenvalue weighted by Gasteiger charge is 2.38. The molecular weight excluding hydrogens is 220 g/mol. The molecule has 0 aliphatic rings. The average Bonchev–Trinajstić information content (AvgIpc) is 2.14. The third-order valence-electron chi connectivity index (χ3n) is 2.72. The summed E-state index contributed by atoms with van der Waals surface area (Å²) in [4.78, 5) is 16.0. The number of rotatable bonds is 9. The molecule has 17 heavy (non-hydrogen) atoms. The van der Waals surface area contributed by atoms with Crippen molar-refractivity contribution in [3.05, 3.63) is 0 Å². The van der Waals surface area contributed by atoms with Crippen molar-refractivity contribution in [1.29, 1.82) is 0 Å². The van der Waals surface area contributed by atoms with Gasteiger partial charge >= 0.3 is 5.97 Å². The SMILES string of the molecule is CCCCCC(CC(=O)O)(C[N+](C)(C)C)ON. The number of likely N-dealkylation sites (N-methyl/N-ethyl adjacent to an activating group) is 1. The summed E-state index contributed by atoms with van der Waals surface area (Å²) in [5.74, 6) is 4.51. The van der Waals surface area contributed by atoms with Gasteiger partial charge in [0.2, 0.25) is 0 Å². The van der Waals surface area contributed by atoms with Crippen molar-refractivity contribution in [2.45, 2.75) is 44.6 Å². The lowest BCUT2D eigenvalue weighted by Crippen LogP contribution is -2.53. The summed E-state index contributed by atoms with van der Waals surface area (Å²) in [6, 6.07) is 0. The fourth-order valence-corrected chi connectivity index (χ4v) is 2.20. The molecule has 1 atom stereocenters. The zero-order valence-electron chi connectivity index (χ0n) is 11.5. The van der Waals surface area contributed by atoms with Gasteiger partial charge in [-0.25, -0.2) is 5.90 Å². The van der Waals surface area contributed by atoms with Crippen molar-refractivity contribution in [1.82, 2.24) is 0 Å². The van der Waals surface area contributed by atoms with Crippen LogP contribution in [0.25, 0.3) is 0 Å². The molecule has 3 N–H and O–H groups in total. The van der Waals surface area contributed by atoms with E-state index in [2.05, 4.69) is 6.92 Å². The summed E-state index contributed by atoms with van der Waals surface area (Å²) in [6.07, 6.45) is 3.77. The molecule has 0 radical (unpaired) electrons. The van der Waals surface area contributed by atoms with E-state index in [4.69, 9.17) is 15.8 Å². The highest BCUT2D eigenvalue weighted by Crippen LogP contribution is 2.25. The van der Waals surface area contributed by atoms with E-state index in [0.29, 0.717) is 17.4 Å². The van der Waals surface area contributed by atoms with Crippen LogP contribution in [0, 0.1) is 0 Å². The molecule has 0 rings (SSSR count). The molecule has 0 heterocycles. The predicted octanol–water partition coefficient (Wildman–Crippen LogP) is 1.38. The van der Waals surface area contributed by atoms with E-state index in [-0.39, 0.29) is 6.42 Å². The minimum atomic E-state index is -0.861. The normalized spacial score (nSPS) is 15.6. The van der Waals surface area contributed by atoms with Crippen molar-refractivity contribution in [3.8, 4) is 0 Å². The van der Waals surface area contributed by atoms with Gasteiger partial charge in [-0.15, -0.1) is 0 Å². The first kappa shape index (κ1) is 16.4. The number of hydrogen-bond acceptors (Lipinski definition) is 3. The van der Waals surface area contributed by atoms with Crippen LogP contribution < -0.4 is 5.90 Å². The molecule has 1 unspecified atom stereocenters. The Morgan fingerprint density at radius 2 is 1.94 bits per heavy atom. The first-order chi connectivity index (χ1) is 7.74. The second-order valence-electron chi connectivity index (χ2n) is 5.78. The highest BCUT2D eigenvalue weighted by atomic mass is 16.6. The number of carboxylic acid groups (broad SMARTS) is 1. The van der Waals surface area contributed by atoms with Gasteiger partial charge in [0.25, 0.3) is 0 Å². The van der Waals surface area contributed by atoms with Crippen LogP contribution in [-0.2, 0) is 9.63 Å². The van der Waals surface area contributed by atoms with Gasteiger partial charge in [0.1, 0.15) is 12.1 Å². The zero-order valence-corrected chi connectivity index (χ0v) is 11.5. The lowest BCUT2D eigenvalue weighted by molar-refractivity contribution is -0.877. The first-order valence-electron chi connectivity index (χ1n) is 6.15. The fourth-order valence-electron chi connectivity index (χ4n) is 2.20. The Morgan fingerprint density at radius 3 is 2.29 bits per heavy atom. The van der Waals surface area contributed by atoms with Crippen LogP contribution >= 0.6 is 0 Å². The molecule has 0 aromatic heterocycles. The van der Waals surface area contributed by atoms with Gasteiger partial charge in [-0.2, -0.15) is 0 Å². The van der Waals surface area contributed by atoms with E-state index < -0.39 is 11.6 Å². The van der Waals surface area contributed by atoms with E-state index in [1.807, 2.05) is 21.1 Å². The second-order valence-corrected chi connectivity index (χ2v) is 5.78. The van der Waals surface area contributed by atoms with Crippen molar-refractivity contribution >= 4 is 5.97 Å². The topological polar surface area (TPSA) is 72.5 Å². The molecule has 0 fully saturated rings. The summed E-state index contributed by atoms with van der Waals surface area (Å²) in [7, 11) is 6.03. The van der Waals surface area contributed by atoms with Crippen LogP contribution in [0.15, 0.2) is 0 Å². The Labute approximate surface area is 104 Å². The van der Waals surface area contributed by atoms with Gasteiger partial charge in [0, 0.05) is 0 Å². The molecule has 0 bridgehead atoms. The minimum Gasteiger partial charge on any atom is -0.481 e. The molecule has 102 valence electrons. The molecule has 0 amide bonds. The summed E-state index contributed by atoms with van der Waals surface area (Å²) in [6.45, 7) is 2.71. The Balaban J connectivity index is 4.68. The van der Waals surface area contributed by atoms with E-state index in [1.165, 1.54) is 0 Å². The average molecular weight is 247 g/mol. The number of aliphatic carboxylic acids is 1. The number of hydrogen-bond donors (Lipinski definition) is 2. The van der Waals surface area contributed by atoms with Crippen LogP contribution in [-0.4, -0.2) is 48.8 Å². The third-order valence-corrected chi connectivity index (χ3v) is 2.72. The maximum absolute atomic E-state index is 10.9. The summed E-state index contributed by atoms with van der Waals surface area (Å²) in [5.41, 5.74) is -0.751. The quantitative estimate of drug-likeness (QED) is 0.367. The van der Waals surface area contributed by atoms with Gasteiger partial charge in [-0.05, 0) is 6.42 Å². The summed E-state index contributed by atoms with van der Waals surface area (Å²) in [5, 5.41) is 8.99. The van der Waals surface area contributed by atoms with Crippen LogP contribution in [0.1, 0.15) is 39.0 Å². The van der Waals surface area contributed by atoms with E-state index in [1.54, 1.807) is 0 Å². The smallest absolute Gasteiger partial charge is 0.306 e. The van der Waals surface area contributed by atoms with Crippen molar-refractivity contribution in [2.24, 2.45) is 5.90 Å². The number of quaternary nitrogens is 1. The molecule has 5 nitrogen and oxygen atoms in total. The molecule has 0 saturated carbocycles. The maximum atomic E-state index is 10.9. The Hall–Kier alpha value is -0.650. The standard InChI is InChI=1S/C12H26N2O3/c1-5-6-7-8-12(17-13,9-11(15)16)10-14(2,3)4/h5-10,13H2,1-4H3/p+1. The minimum absolute atomic E-state index is 0.0390. The summed E-state index contributed by atoms with van der Waals surface area (Å²) >= 11 is 0. The monoisotopic (exact) mass is 247 g/mol. The third kappa shape index (κ3) is 7.31. The zero-order chi connectivity index (χ0) is 13.5. The van der Waals surface area contributed by atoms with Crippen molar-refractivity contribution in [3.63, 3.8) is 0 Å². The van der Waals surface area contributed by atoms with Gasteiger partial charge < -0.3 is 9.59 Å². The highest BCUT2D eigenvalue weighted by molar-refractivity contribution is 5.68. The van der Waals surface area contributed by atoms with Crippen LogP contribution in [0.2, 0.25) is 0 Å². The first-order valence-corrected chi connectivity index (χ1v) is 6.15. The van der Waals surface area contributed by atoms with Crippen LogP contribution in [0.4, 0.5) is 0 Å². The number of nitrogens with two attached hydrogens (primary N) is 1. The van der Waals surface area contributed by atoms with Gasteiger partial charge in [0.15, 0.2) is 0 Å². The van der Waals surface area contributed by atoms with Gasteiger partial charge in [-0.1, -0.05) is 26.2 Å². The molecule has 0 spiro atoms. The maximum Gasteiger partial charge on any atom is 0.306 e. The molecule has 0 saturated heterocycles. The lowest BCUT2D eigenvalue weighted by atomic mass is 9.91. The number of carbonyl (C=O) groups is 1. The molecule has 0 aromatic rings. The Bertz CT molecular complexity index is 238. The number of carboxylic acids is 1. The van der Waals surface area contributed by atoms with Crippen molar-refractivity contribution < 1.29 is 19.2 Å².